The van der Waals surface area contributed by atoms with Gasteiger partial charge in [0, 0.05) is 28.9 Å². The third-order valence-corrected chi connectivity index (χ3v) is 8.87. The highest BCUT2D eigenvalue weighted by molar-refractivity contribution is 7.19. The Labute approximate surface area is 212 Å². The number of fused-ring (bicyclic) bond motifs is 2. The van der Waals surface area contributed by atoms with Gasteiger partial charge in [0.05, 0.1) is 23.1 Å². The SMILES string of the molecule is Cc1cc(Cl)cc(-c2ccnc3nc(CN4C(=O)C5C(C4=O)C5(C)C)sc23)c1OC1CCCNC1. The number of hydrogen-bond donors (Lipinski definition) is 1. The fraction of sp³-hybridized carbons (Fsp3) is 0.462. The molecule has 1 aromatic carbocycles. The fourth-order valence-corrected chi connectivity index (χ4v) is 6.94. The molecule has 7 nitrogen and oxygen atoms in total. The molecule has 182 valence electrons. The first-order chi connectivity index (χ1) is 16.8. The number of pyridine rings is 1. The summed E-state index contributed by atoms with van der Waals surface area (Å²) >= 11 is 7.94. The molecule has 3 unspecified atom stereocenters. The molecule has 0 radical (unpaired) electrons. The highest BCUT2D eigenvalue weighted by atomic mass is 35.5. The van der Waals surface area contributed by atoms with E-state index in [1.807, 2.05) is 39.0 Å². The van der Waals surface area contributed by atoms with Crippen molar-refractivity contribution in [1.82, 2.24) is 20.2 Å². The lowest BCUT2D eigenvalue weighted by Gasteiger charge is -2.26. The van der Waals surface area contributed by atoms with E-state index in [1.54, 1.807) is 6.20 Å². The van der Waals surface area contributed by atoms with E-state index >= 15 is 0 Å². The lowest BCUT2D eigenvalue weighted by molar-refractivity contribution is -0.143. The van der Waals surface area contributed by atoms with Crippen LogP contribution in [0.15, 0.2) is 24.4 Å². The summed E-state index contributed by atoms with van der Waals surface area (Å²) in [5, 5.41) is 4.73. The molecule has 3 atom stereocenters. The number of aromatic nitrogens is 2. The van der Waals surface area contributed by atoms with Crippen molar-refractivity contribution < 1.29 is 14.3 Å². The smallest absolute Gasteiger partial charge is 0.234 e. The van der Waals surface area contributed by atoms with Crippen LogP contribution < -0.4 is 10.1 Å². The van der Waals surface area contributed by atoms with Gasteiger partial charge in [0.15, 0.2) is 5.65 Å². The molecule has 1 N–H and O–H groups in total. The molecule has 3 fully saturated rings. The van der Waals surface area contributed by atoms with Gasteiger partial charge in [-0.1, -0.05) is 25.4 Å². The second-order valence-electron chi connectivity index (χ2n) is 10.3. The average Bonchev–Trinajstić information content (AvgIpc) is 3.07. The molecule has 6 rings (SSSR count). The van der Waals surface area contributed by atoms with Crippen molar-refractivity contribution in [3.63, 3.8) is 0 Å². The molecule has 3 aromatic rings. The third-order valence-electron chi connectivity index (χ3n) is 7.59. The summed E-state index contributed by atoms with van der Waals surface area (Å²) in [4.78, 5) is 36.1. The Balaban J connectivity index is 1.35. The lowest BCUT2D eigenvalue weighted by atomic mass is 10.0. The number of rotatable bonds is 5. The lowest BCUT2D eigenvalue weighted by Crippen LogP contribution is -2.37. The predicted octanol–water partition coefficient (Wildman–Crippen LogP) is 4.59. The summed E-state index contributed by atoms with van der Waals surface area (Å²) in [5.41, 5.74) is 3.19. The molecule has 3 aliphatic rings. The predicted molar refractivity (Wildman–Crippen MR) is 135 cm³/mol. The summed E-state index contributed by atoms with van der Waals surface area (Å²) in [6.45, 7) is 8.00. The van der Waals surface area contributed by atoms with Crippen LogP contribution in [0.3, 0.4) is 0 Å². The Morgan fingerprint density at radius 1 is 1.23 bits per heavy atom. The number of likely N-dealkylation sites (tertiary alicyclic amines) is 1. The van der Waals surface area contributed by atoms with Gasteiger partial charge in [-0.05, 0) is 55.5 Å². The number of imide groups is 1. The minimum Gasteiger partial charge on any atom is -0.488 e. The van der Waals surface area contributed by atoms with E-state index in [0.29, 0.717) is 15.7 Å². The van der Waals surface area contributed by atoms with E-state index in [0.717, 1.165) is 53.1 Å². The number of piperidine rings is 2. The third kappa shape index (κ3) is 3.74. The molecule has 2 saturated heterocycles. The van der Waals surface area contributed by atoms with E-state index < -0.39 is 0 Å². The largest absolute Gasteiger partial charge is 0.488 e. The molecule has 0 bridgehead atoms. The zero-order valence-electron chi connectivity index (χ0n) is 19.9. The maximum Gasteiger partial charge on any atom is 0.234 e. The van der Waals surface area contributed by atoms with Gasteiger partial charge < -0.3 is 10.1 Å². The number of ether oxygens (including phenoxy) is 1. The number of nitrogens with zero attached hydrogens (tertiary/aromatic N) is 3. The van der Waals surface area contributed by atoms with Gasteiger partial charge in [0.1, 0.15) is 16.9 Å². The van der Waals surface area contributed by atoms with Gasteiger partial charge >= 0.3 is 0 Å². The van der Waals surface area contributed by atoms with Crippen LogP contribution in [-0.4, -0.2) is 45.9 Å². The van der Waals surface area contributed by atoms with Crippen LogP contribution in [0.2, 0.25) is 5.02 Å². The molecule has 0 spiro atoms. The molecular weight excluding hydrogens is 484 g/mol. The first-order valence-corrected chi connectivity index (χ1v) is 13.2. The highest BCUT2D eigenvalue weighted by Gasteiger charge is 2.72. The molecule has 9 heteroatoms. The summed E-state index contributed by atoms with van der Waals surface area (Å²) in [5.74, 6) is 0.264. The zero-order valence-corrected chi connectivity index (χ0v) is 21.5. The van der Waals surface area contributed by atoms with Crippen LogP contribution in [0, 0.1) is 24.2 Å². The zero-order chi connectivity index (χ0) is 24.5. The van der Waals surface area contributed by atoms with Crippen LogP contribution in [0.25, 0.3) is 21.5 Å². The van der Waals surface area contributed by atoms with Crippen LogP contribution >= 0.6 is 22.9 Å². The Kier molecular flexibility index (Phi) is 5.39. The number of thiazole rings is 1. The highest BCUT2D eigenvalue weighted by Crippen LogP contribution is 2.63. The van der Waals surface area contributed by atoms with Crippen molar-refractivity contribution >= 4 is 45.1 Å². The Morgan fingerprint density at radius 3 is 2.71 bits per heavy atom. The molecule has 1 aliphatic carbocycles. The van der Waals surface area contributed by atoms with Crippen LogP contribution in [0.5, 0.6) is 5.75 Å². The van der Waals surface area contributed by atoms with Crippen molar-refractivity contribution in [2.75, 3.05) is 13.1 Å². The van der Waals surface area contributed by atoms with Gasteiger partial charge in [-0.3, -0.25) is 14.5 Å². The van der Waals surface area contributed by atoms with E-state index in [1.165, 1.54) is 16.2 Å². The molecule has 35 heavy (non-hydrogen) atoms. The normalized spacial score (nSPS) is 25.3. The van der Waals surface area contributed by atoms with Crippen molar-refractivity contribution in [3.05, 3.63) is 40.0 Å². The van der Waals surface area contributed by atoms with Gasteiger partial charge in [-0.2, -0.15) is 0 Å². The van der Waals surface area contributed by atoms with Gasteiger partial charge in [-0.15, -0.1) is 11.3 Å². The molecular formula is C26H27ClN4O3S. The van der Waals surface area contributed by atoms with E-state index in [4.69, 9.17) is 16.3 Å². The maximum atomic E-state index is 12.8. The topological polar surface area (TPSA) is 84.4 Å². The summed E-state index contributed by atoms with van der Waals surface area (Å²) in [7, 11) is 0. The van der Waals surface area contributed by atoms with Crippen molar-refractivity contribution in [1.29, 1.82) is 0 Å². The Morgan fingerprint density at radius 2 is 2.00 bits per heavy atom. The van der Waals surface area contributed by atoms with Gasteiger partial charge in [0.2, 0.25) is 11.8 Å². The first kappa shape index (κ1) is 22.9. The molecule has 4 heterocycles. The van der Waals surface area contributed by atoms with Crippen LogP contribution in [0.4, 0.5) is 0 Å². The molecule has 2 aliphatic heterocycles. The van der Waals surface area contributed by atoms with Gasteiger partial charge in [-0.25, -0.2) is 9.97 Å². The second kappa shape index (κ2) is 8.25. The minimum atomic E-state index is -0.221. The number of carbonyl (C=O) groups excluding carboxylic acids is 2. The molecule has 2 amide bonds. The molecule has 2 aromatic heterocycles. The number of aryl methyl sites for hydroxylation is 1. The monoisotopic (exact) mass is 510 g/mol. The number of hydrogen-bond acceptors (Lipinski definition) is 7. The number of carbonyl (C=O) groups is 2. The number of halogens is 1. The summed E-state index contributed by atoms with van der Waals surface area (Å²) < 4.78 is 7.39. The minimum absolute atomic E-state index is 0.0836. The van der Waals surface area contributed by atoms with E-state index in [-0.39, 0.29) is 41.7 Å². The first-order valence-electron chi connectivity index (χ1n) is 12.0. The maximum absolute atomic E-state index is 12.8. The van der Waals surface area contributed by atoms with E-state index in [2.05, 4.69) is 15.3 Å². The quantitative estimate of drug-likeness (QED) is 0.505. The number of amides is 2. The van der Waals surface area contributed by atoms with Gasteiger partial charge in [0.25, 0.3) is 0 Å². The Bertz CT molecular complexity index is 1340. The fourth-order valence-electron chi connectivity index (χ4n) is 5.62. The van der Waals surface area contributed by atoms with Crippen molar-refractivity contribution in [2.24, 2.45) is 17.3 Å². The standard InChI is InChI=1S/C26H27ClN4O3S/c1-13-9-14(27)10-17(21(13)34-15-5-4-7-28-11-15)16-6-8-29-23-22(16)35-18(30-23)12-31-24(32)19-20(25(31)33)26(19,2)3/h6,8-10,15,19-20,28H,4-5,7,11-12H2,1-3H3. The van der Waals surface area contributed by atoms with Crippen molar-refractivity contribution in [3.8, 4) is 16.9 Å². The molecule has 1 saturated carbocycles. The summed E-state index contributed by atoms with van der Waals surface area (Å²) in [6, 6.07) is 5.80. The van der Waals surface area contributed by atoms with Crippen LogP contribution in [-0.2, 0) is 16.1 Å². The van der Waals surface area contributed by atoms with Crippen LogP contribution in [0.1, 0.15) is 37.3 Å². The average molecular weight is 511 g/mol. The summed E-state index contributed by atoms with van der Waals surface area (Å²) in [6.07, 6.45) is 3.91. The number of nitrogens with one attached hydrogen (secondary N) is 1. The second-order valence-corrected chi connectivity index (χ2v) is 11.9. The van der Waals surface area contributed by atoms with E-state index in [9.17, 15) is 9.59 Å². The Hall–Kier alpha value is -2.55. The number of benzene rings is 1. The van der Waals surface area contributed by atoms with Crippen molar-refractivity contribution in [2.45, 2.75) is 46.3 Å².